The van der Waals surface area contributed by atoms with E-state index in [0.717, 1.165) is 5.75 Å². The van der Waals surface area contributed by atoms with E-state index in [9.17, 15) is 9.59 Å². The van der Waals surface area contributed by atoms with Crippen LogP contribution in [-0.4, -0.2) is 25.4 Å². The summed E-state index contributed by atoms with van der Waals surface area (Å²) in [6.07, 6.45) is 0.567. The smallest absolute Gasteiger partial charge is 0.262 e. The van der Waals surface area contributed by atoms with Gasteiger partial charge in [0.2, 0.25) is 0 Å². The summed E-state index contributed by atoms with van der Waals surface area (Å²) in [5, 5.41) is 3.15. The van der Waals surface area contributed by atoms with Gasteiger partial charge in [-0.25, -0.2) is 0 Å². The van der Waals surface area contributed by atoms with E-state index in [1.54, 1.807) is 24.3 Å². The Bertz CT molecular complexity index is 732. The molecule has 5 nitrogen and oxygen atoms in total. The molecule has 0 saturated carbocycles. The highest BCUT2D eigenvalue weighted by atomic mass is 35.5. The van der Waals surface area contributed by atoms with E-state index in [2.05, 4.69) is 5.32 Å². The first-order valence-electron chi connectivity index (χ1n) is 7.13. The molecule has 126 valence electrons. The maximum Gasteiger partial charge on any atom is 0.262 e. The molecule has 0 bridgehead atoms. The first-order valence-corrected chi connectivity index (χ1v) is 7.88. The molecule has 0 saturated heterocycles. The molecule has 0 aromatic heterocycles. The average Bonchev–Trinajstić information content (AvgIpc) is 2.55. The number of anilines is 1. The van der Waals surface area contributed by atoms with E-state index in [1.807, 2.05) is 6.92 Å². The zero-order chi connectivity index (χ0) is 17.5. The SMILES string of the molecule is CCOc1ccc(NC(=O)COc2c(Cl)cc(Cl)cc2C=O)cc1. The largest absolute Gasteiger partial charge is 0.494 e. The summed E-state index contributed by atoms with van der Waals surface area (Å²) >= 11 is 11.8. The van der Waals surface area contributed by atoms with Gasteiger partial charge in [0.1, 0.15) is 11.5 Å². The second kappa shape index (κ2) is 8.57. The number of carbonyl (C=O) groups is 2. The molecule has 0 atom stereocenters. The molecule has 2 rings (SSSR count). The highest BCUT2D eigenvalue weighted by Crippen LogP contribution is 2.31. The summed E-state index contributed by atoms with van der Waals surface area (Å²) in [7, 11) is 0. The van der Waals surface area contributed by atoms with Crippen molar-refractivity contribution in [1.29, 1.82) is 0 Å². The van der Waals surface area contributed by atoms with Crippen LogP contribution in [0.3, 0.4) is 0 Å². The fourth-order valence-electron chi connectivity index (χ4n) is 1.96. The van der Waals surface area contributed by atoms with Crippen molar-refractivity contribution in [1.82, 2.24) is 0 Å². The topological polar surface area (TPSA) is 64.6 Å². The number of halogens is 2. The van der Waals surface area contributed by atoms with Gasteiger partial charge in [-0.1, -0.05) is 23.2 Å². The van der Waals surface area contributed by atoms with Crippen LogP contribution in [0.25, 0.3) is 0 Å². The third-order valence-electron chi connectivity index (χ3n) is 2.96. The second-order valence-corrected chi connectivity index (χ2v) is 5.56. The van der Waals surface area contributed by atoms with Crippen LogP contribution in [0.4, 0.5) is 5.69 Å². The Morgan fingerprint density at radius 3 is 2.50 bits per heavy atom. The molecule has 24 heavy (non-hydrogen) atoms. The van der Waals surface area contributed by atoms with Gasteiger partial charge in [-0.15, -0.1) is 0 Å². The predicted molar refractivity (Wildman–Crippen MR) is 93.6 cm³/mol. The molecule has 7 heteroatoms. The first kappa shape index (κ1) is 18.1. The Kier molecular flexibility index (Phi) is 6.46. The zero-order valence-corrected chi connectivity index (χ0v) is 14.4. The Labute approximate surface area is 149 Å². The molecule has 0 radical (unpaired) electrons. The summed E-state index contributed by atoms with van der Waals surface area (Å²) in [5.41, 5.74) is 0.784. The number of hydrogen-bond acceptors (Lipinski definition) is 4. The number of amides is 1. The Morgan fingerprint density at radius 2 is 1.88 bits per heavy atom. The molecular formula is C17H15Cl2NO4. The number of carbonyl (C=O) groups excluding carboxylic acids is 2. The van der Waals surface area contributed by atoms with Crippen molar-refractivity contribution in [3.63, 3.8) is 0 Å². The molecule has 0 aliphatic heterocycles. The lowest BCUT2D eigenvalue weighted by atomic mass is 10.2. The van der Waals surface area contributed by atoms with Crippen LogP contribution in [-0.2, 0) is 4.79 Å². The molecule has 2 aromatic carbocycles. The molecule has 0 unspecified atom stereocenters. The van der Waals surface area contributed by atoms with Crippen molar-refractivity contribution in [2.45, 2.75) is 6.92 Å². The van der Waals surface area contributed by atoms with Crippen LogP contribution in [0.1, 0.15) is 17.3 Å². The van der Waals surface area contributed by atoms with E-state index in [1.165, 1.54) is 12.1 Å². The minimum absolute atomic E-state index is 0.123. The van der Waals surface area contributed by atoms with Crippen LogP contribution in [0, 0.1) is 0 Å². The molecule has 0 spiro atoms. The van der Waals surface area contributed by atoms with Gasteiger partial charge in [-0.05, 0) is 43.3 Å². The molecule has 0 aliphatic rings. The lowest BCUT2D eigenvalue weighted by Gasteiger charge is -2.11. The van der Waals surface area contributed by atoms with E-state index >= 15 is 0 Å². The minimum atomic E-state index is -0.387. The van der Waals surface area contributed by atoms with Crippen LogP contribution >= 0.6 is 23.2 Å². The second-order valence-electron chi connectivity index (χ2n) is 4.72. The third kappa shape index (κ3) is 4.88. The Morgan fingerprint density at radius 1 is 1.17 bits per heavy atom. The van der Waals surface area contributed by atoms with Crippen molar-refractivity contribution in [3.05, 3.63) is 52.0 Å². The van der Waals surface area contributed by atoms with E-state index < -0.39 is 0 Å². The monoisotopic (exact) mass is 367 g/mol. The number of benzene rings is 2. The number of rotatable bonds is 7. The molecule has 0 aliphatic carbocycles. The van der Waals surface area contributed by atoms with E-state index in [-0.39, 0.29) is 28.8 Å². The third-order valence-corrected chi connectivity index (χ3v) is 3.46. The predicted octanol–water partition coefficient (Wildman–Crippen LogP) is 4.22. The maximum absolute atomic E-state index is 11.9. The molecular weight excluding hydrogens is 353 g/mol. The highest BCUT2D eigenvalue weighted by Gasteiger charge is 2.12. The van der Waals surface area contributed by atoms with Crippen LogP contribution in [0.2, 0.25) is 10.0 Å². The first-order chi connectivity index (χ1) is 11.5. The van der Waals surface area contributed by atoms with Gasteiger partial charge in [0.25, 0.3) is 5.91 Å². The summed E-state index contributed by atoms with van der Waals surface area (Å²) in [6, 6.07) is 9.79. The average molecular weight is 368 g/mol. The van der Waals surface area contributed by atoms with Gasteiger partial charge >= 0.3 is 0 Å². The lowest BCUT2D eigenvalue weighted by Crippen LogP contribution is -2.20. The molecule has 1 amide bonds. The summed E-state index contributed by atoms with van der Waals surface area (Å²) < 4.78 is 10.7. The fourth-order valence-corrected chi connectivity index (χ4v) is 2.52. The van der Waals surface area contributed by atoms with E-state index in [4.69, 9.17) is 32.7 Å². The standard InChI is InChI=1S/C17H15Cl2NO4/c1-2-23-14-5-3-13(4-6-14)20-16(22)10-24-17-11(9-21)7-12(18)8-15(17)19/h3-9H,2,10H2,1H3,(H,20,22). The van der Waals surface area contributed by atoms with Crippen molar-refractivity contribution < 1.29 is 19.1 Å². The van der Waals surface area contributed by atoms with Crippen LogP contribution in [0.5, 0.6) is 11.5 Å². The lowest BCUT2D eigenvalue weighted by molar-refractivity contribution is -0.118. The van der Waals surface area contributed by atoms with E-state index in [0.29, 0.717) is 23.6 Å². The van der Waals surface area contributed by atoms with Crippen LogP contribution < -0.4 is 14.8 Å². The number of hydrogen-bond donors (Lipinski definition) is 1. The van der Waals surface area contributed by atoms with Crippen molar-refractivity contribution >= 4 is 41.1 Å². The highest BCUT2D eigenvalue weighted by molar-refractivity contribution is 6.36. The van der Waals surface area contributed by atoms with Gasteiger partial charge < -0.3 is 14.8 Å². The fraction of sp³-hybridized carbons (Fsp3) is 0.176. The Balaban J connectivity index is 1.97. The summed E-state index contributed by atoms with van der Waals surface area (Å²) in [6.45, 7) is 2.17. The number of ether oxygens (including phenoxy) is 2. The van der Waals surface area contributed by atoms with Crippen molar-refractivity contribution in [2.75, 3.05) is 18.5 Å². The molecule has 2 aromatic rings. The number of aldehydes is 1. The summed E-state index contributed by atoms with van der Waals surface area (Å²) in [5.74, 6) is 0.454. The normalized spacial score (nSPS) is 10.1. The van der Waals surface area contributed by atoms with Gasteiger partial charge in [0.15, 0.2) is 12.9 Å². The number of nitrogens with one attached hydrogen (secondary N) is 1. The van der Waals surface area contributed by atoms with Gasteiger partial charge in [-0.2, -0.15) is 0 Å². The van der Waals surface area contributed by atoms with Gasteiger partial charge in [0.05, 0.1) is 17.2 Å². The minimum Gasteiger partial charge on any atom is -0.494 e. The van der Waals surface area contributed by atoms with Crippen molar-refractivity contribution in [3.8, 4) is 11.5 Å². The van der Waals surface area contributed by atoms with Crippen molar-refractivity contribution in [2.24, 2.45) is 0 Å². The molecule has 0 fully saturated rings. The molecule has 0 heterocycles. The summed E-state index contributed by atoms with van der Waals surface area (Å²) in [4.78, 5) is 23.0. The maximum atomic E-state index is 11.9. The van der Waals surface area contributed by atoms with Crippen LogP contribution in [0.15, 0.2) is 36.4 Å². The molecule has 1 N–H and O–H groups in total. The quantitative estimate of drug-likeness (QED) is 0.744. The Hall–Kier alpha value is -2.24. The zero-order valence-electron chi connectivity index (χ0n) is 12.8. The van der Waals surface area contributed by atoms with Gasteiger partial charge in [-0.3, -0.25) is 9.59 Å². The van der Waals surface area contributed by atoms with Gasteiger partial charge in [0, 0.05) is 10.7 Å².